The lowest BCUT2D eigenvalue weighted by Gasteiger charge is -2.13. The summed E-state index contributed by atoms with van der Waals surface area (Å²) in [5.74, 6) is -3.08. The molecule has 0 fully saturated rings. The van der Waals surface area contributed by atoms with E-state index in [1.165, 1.54) is 31.2 Å². The Labute approximate surface area is 171 Å². The molecule has 0 unspecified atom stereocenters. The van der Waals surface area contributed by atoms with E-state index >= 15 is 0 Å². The van der Waals surface area contributed by atoms with Crippen LogP contribution in [-0.2, 0) is 20.0 Å². The summed E-state index contributed by atoms with van der Waals surface area (Å²) < 4.78 is 94.1. The van der Waals surface area contributed by atoms with E-state index in [4.69, 9.17) is 0 Å². The van der Waals surface area contributed by atoms with Gasteiger partial charge in [-0.15, -0.1) is 0 Å². The SMILES string of the molecule is Cc1ccc(NS(=O)(=O)c2ccc(F)c(F)c2)cc1S(=O)(=O)Nc1ccc(F)cc1. The standard InChI is InChI=1S/C19H15F3N2O4S2/c1-12-2-5-15(24-29(25,26)16-8-9-17(21)18(22)11-16)10-19(12)30(27,28)23-14-6-3-13(20)4-7-14/h2-11,23-24H,1H3. The Kier molecular flexibility index (Phi) is 5.77. The number of halogens is 3. The highest BCUT2D eigenvalue weighted by atomic mass is 32.2. The van der Waals surface area contributed by atoms with Crippen LogP contribution in [0.4, 0.5) is 24.5 Å². The Hall–Kier alpha value is -3.05. The van der Waals surface area contributed by atoms with Crippen LogP contribution in [0, 0.1) is 24.4 Å². The van der Waals surface area contributed by atoms with Gasteiger partial charge in [-0.25, -0.2) is 30.0 Å². The molecular formula is C19H15F3N2O4S2. The van der Waals surface area contributed by atoms with Crippen molar-refractivity contribution >= 4 is 31.4 Å². The molecule has 2 N–H and O–H groups in total. The Morgan fingerprint density at radius 2 is 1.27 bits per heavy atom. The number of hydrogen-bond donors (Lipinski definition) is 2. The lowest BCUT2D eigenvalue weighted by Crippen LogP contribution is -2.16. The molecular weight excluding hydrogens is 441 g/mol. The van der Waals surface area contributed by atoms with Crippen LogP contribution >= 0.6 is 0 Å². The number of rotatable bonds is 6. The van der Waals surface area contributed by atoms with Crippen molar-refractivity contribution in [2.75, 3.05) is 9.44 Å². The zero-order valence-electron chi connectivity index (χ0n) is 15.4. The van der Waals surface area contributed by atoms with Crippen molar-refractivity contribution in [3.63, 3.8) is 0 Å². The summed E-state index contributed by atoms with van der Waals surface area (Å²) in [6.45, 7) is 1.51. The van der Waals surface area contributed by atoms with Gasteiger partial charge < -0.3 is 0 Å². The fourth-order valence-electron chi connectivity index (χ4n) is 2.54. The van der Waals surface area contributed by atoms with Crippen LogP contribution in [-0.4, -0.2) is 16.8 Å². The quantitative estimate of drug-likeness (QED) is 0.586. The Balaban J connectivity index is 1.92. The molecule has 0 aliphatic carbocycles. The van der Waals surface area contributed by atoms with Gasteiger partial charge in [0.25, 0.3) is 20.0 Å². The van der Waals surface area contributed by atoms with Gasteiger partial charge in [0.1, 0.15) is 5.82 Å². The lowest BCUT2D eigenvalue weighted by molar-refractivity contribution is 0.504. The van der Waals surface area contributed by atoms with Crippen molar-refractivity contribution in [2.45, 2.75) is 16.7 Å². The first-order chi connectivity index (χ1) is 14.0. The van der Waals surface area contributed by atoms with Gasteiger partial charge in [-0.05, 0) is 67.1 Å². The predicted molar refractivity (Wildman–Crippen MR) is 106 cm³/mol. The molecule has 3 aromatic rings. The third-order valence-corrected chi connectivity index (χ3v) is 6.93. The van der Waals surface area contributed by atoms with Gasteiger partial charge in [0, 0.05) is 5.69 Å². The molecule has 3 aromatic carbocycles. The second-order valence-electron chi connectivity index (χ2n) is 6.27. The molecule has 0 aromatic heterocycles. The van der Waals surface area contributed by atoms with Crippen molar-refractivity contribution in [2.24, 2.45) is 0 Å². The molecule has 0 atom stereocenters. The molecule has 0 spiro atoms. The zero-order valence-corrected chi connectivity index (χ0v) is 17.0. The summed E-state index contributed by atoms with van der Waals surface area (Å²) in [5, 5.41) is 0. The van der Waals surface area contributed by atoms with Crippen molar-refractivity contribution in [3.8, 4) is 0 Å². The number of benzene rings is 3. The highest BCUT2D eigenvalue weighted by Crippen LogP contribution is 2.25. The van der Waals surface area contributed by atoms with Crippen LogP contribution in [0.15, 0.2) is 70.5 Å². The number of nitrogens with one attached hydrogen (secondary N) is 2. The van der Waals surface area contributed by atoms with E-state index in [0.29, 0.717) is 17.7 Å². The zero-order chi connectivity index (χ0) is 22.1. The summed E-state index contributed by atoms with van der Waals surface area (Å²) >= 11 is 0. The Bertz CT molecular complexity index is 1310. The highest BCUT2D eigenvalue weighted by molar-refractivity contribution is 7.93. The van der Waals surface area contributed by atoms with Gasteiger partial charge in [-0.1, -0.05) is 6.07 Å². The maximum atomic E-state index is 13.4. The van der Waals surface area contributed by atoms with Crippen molar-refractivity contribution in [1.82, 2.24) is 0 Å². The van der Waals surface area contributed by atoms with E-state index in [1.807, 2.05) is 0 Å². The van der Waals surface area contributed by atoms with Crippen molar-refractivity contribution < 1.29 is 30.0 Å². The molecule has 6 nitrogen and oxygen atoms in total. The topological polar surface area (TPSA) is 92.3 Å². The molecule has 30 heavy (non-hydrogen) atoms. The Morgan fingerprint density at radius 3 is 1.90 bits per heavy atom. The summed E-state index contributed by atoms with van der Waals surface area (Å²) in [5.41, 5.74) is 0.328. The highest BCUT2D eigenvalue weighted by Gasteiger charge is 2.21. The summed E-state index contributed by atoms with van der Waals surface area (Å²) in [6, 6.07) is 10.5. The molecule has 0 saturated carbocycles. The molecule has 0 radical (unpaired) electrons. The van der Waals surface area contributed by atoms with Crippen LogP contribution in [0.2, 0.25) is 0 Å². The van der Waals surface area contributed by atoms with E-state index < -0.39 is 42.4 Å². The summed E-state index contributed by atoms with van der Waals surface area (Å²) in [6.07, 6.45) is 0. The molecule has 0 amide bonds. The first-order valence-corrected chi connectivity index (χ1v) is 11.3. The van der Waals surface area contributed by atoms with E-state index in [2.05, 4.69) is 9.44 Å². The van der Waals surface area contributed by atoms with Gasteiger partial charge in [0.2, 0.25) is 0 Å². The van der Waals surface area contributed by atoms with Gasteiger partial charge in [0.05, 0.1) is 15.5 Å². The van der Waals surface area contributed by atoms with Crippen molar-refractivity contribution in [3.05, 3.63) is 83.7 Å². The average molecular weight is 456 g/mol. The van der Waals surface area contributed by atoms with Gasteiger partial charge >= 0.3 is 0 Å². The second kappa shape index (κ2) is 8.00. The van der Waals surface area contributed by atoms with E-state index in [1.54, 1.807) is 0 Å². The second-order valence-corrected chi connectivity index (χ2v) is 9.61. The molecule has 0 aliphatic rings. The van der Waals surface area contributed by atoms with Crippen LogP contribution < -0.4 is 9.44 Å². The molecule has 0 aliphatic heterocycles. The minimum absolute atomic E-state index is 0.107. The molecule has 158 valence electrons. The number of aryl methyl sites for hydroxylation is 1. The van der Waals surface area contributed by atoms with Crippen LogP contribution in [0.1, 0.15) is 5.56 Å². The minimum atomic E-state index is -4.30. The van der Waals surface area contributed by atoms with E-state index in [-0.39, 0.29) is 16.3 Å². The summed E-state index contributed by atoms with van der Waals surface area (Å²) in [4.78, 5) is -0.756. The Morgan fingerprint density at radius 1 is 0.667 bits per heavy atom. The first kappa shape index (κ1) is 21.7. The van der Waals surface area contributed by atoms with Crippen LogP contribution in [0.3, 0.4) is 0 Å². The number of hydrogen-bond acceptors (Lipinski definition) is 4. The monoisotopic (exact) mass is 456 g/mol. The maximum absolute atomic E-state index is 13.4. The number of anilines is 2. The molecule has 0 saturated heterocycles. The predicted octanol–water partition coefficient (Wildman–Crippen LogP) is 4.01. The third-order valence-electron chi connectivity index (χ3n) is 4.03. The third kappa shape index (κ3) is 4.74. The first-order valence-electron chi connectivity index (χ1n) is 8.35. The fourth-order valence-corrected chi connectivity index (χ4v) is 4.93. The van der Waals surface area contributed by atoms with E-state index in [9.17, 15) is 30.0 Å². The van der Waals surface area contributed by atoms with Gasteiger partial charge in [-0.3, -0.25) is 9.44 Å². The molecule has 11 heteroatoms. The van der Waals surface area contributed by atoms with Crippen molar-refractivity contribution in [1.29, 1.82) is 0 Å². The summed E-state index contributed by atoms with van der Waals surface area (Å²) in [7, 11) is -8.43. The van der Waals surface area contributed by atoms with Gasteiger partial charge in [0.15, 0.2) is 11.6 Å². The number of sulfonamides is 2. The maximum Gasteiger partial charge on any atom is 0.262 e. The normalized spacial score (nSPS) is 11.9. The lowest BCUT2D eigenvalue weighted by atomic mass is 10.2. The molecule has 3 rings (SSSR count). The van der Waals surface area contributed by atoms with E-state index in [0.717, 1.165) is 24.3 Å². The smallest absolute Gasteiger partial charge is 0.262 e. The minimum Gasteiger partial charge on any atom is -0.280 e. The van der Waals surface area contributed by atoms with Crippen LogP contribution in [0.5, 0.6) is 0 Å². The largest absolute Gasteiger partial charge is 0.280 e. The average Bonchev–Trinajstić information content (AvgIpc) is 2.67. The molecule has 0 bridgehead atoms. The fraction of sp³-hybridized carbons (Fsp3) is 0.0526. The van der Waals surface area contributed by atoms with Gasteiger partial charge in [-0.2, -0.15) is 0 Å². The van der Waals surface area contributed by atoms with Crippen LogP contribution in [0.25, 0.3) is 0 Å². The molecule has 0 heterocycles.